The fourth-order valence-electron chi connectivity index (χ4n) is 2.17. The van der Waals surface area contributed by atoms with Crippen LogP contribution in [0.25, 0.3) is 0 Å². The van der Waals surface area contributed by atoms with Crippen molar-refractivity contribution < 1.29 is 14.7 Å². The number of pyridine rings is 1. The smallest absolute Gasteiger partial charge is 0.251 e. The first-order valence-electron chi connectivity index (χ1n) is 6.79. The second-order valence-electron chi connectivity index (χ2n) is 4.90. The molecular formula is C14H19N3O3. The third-order valence-electron chi connectivity index (χ3n) is 3.33. The van der Waals surface area contributed by atoms with Crippen LogP contribution in [-0.2, 0) is 16.1 Å². The summed E-state index contributed by atoms with van der Waals surface area (Å²) in [6.07, 6.45) is 4.47. The summed E-state index contributed by atoms with van der Waals surface area (Å²) in [5.41, 5.74) is 0.954. The number of carbonyl (C=O) groups is 2. The zero-order valence-electron chi connectivity index (χ0n) is 11.3. The van der Waals surface area contributed by atoms with Crippen LogP contribution in [0, 0.1) is 0 Å². The van der Waals surface area contributed by atoms with Crippen LogP contribution in [-0.4, -0.2) is 46.0 Å². The molecule has 0 radical (unpaired) electrons. The molecule has 0 spiro atoms. The predicted molar refractivity (Wildman–Crippen MR) is 72.5 cm³/mol. The number of hydrogen-bond acceptors (Lipinski definition) is 4. The molecule has 1 aliphatic rings. The molecule has 6 heteroatoms. The van der Waals surface area contributed by atoms with Crippen molar-refractivity contribution in [1.82, 2.24) is 15.2 Å². The lowest BCUT2D eigenvalue weighted by Crippen LogP contribution is -2.44. The highest BCUT2D eigenvalue weighted by atomic mass is 16.3. The molecule has 1 aromatic rings. The van der Waals surface area contributed by atoms with Crippen molar-refractivity contribution in [2.75, 3.05) is 13.1 Å². The SMILES string of the molecule is O=C(CN1CCCCC(O)C1=O)NCc1ccncc1. The van der Waals surface area contributed by atoms with Gasteiger partial charge in [-0.05, 0) is 37.0 Å². The molecule has 2 heterocycles. The van der Waals surface area contributed by atoms with Crippen LogP contribution < -0.4 is 5.32 Å². The van der Waals surface area contributed by atoms with Crippen molar-refractivity contribution in [3.8, 4) is 0 Å². The highest BCUT2D eigenvalue weighted by molar-refractivity contribution is 5.87. The molecule has 1 saturated heterocycles. The summed E-state index contributed by atoms with van der Waals surface area (Å²) < 4.78 is 0. The van der Waals surface area contributed by atoms with Gasteiger partial charge in [-0.2, -0.15) is 0 Å². The highest BCUT2D eigenvalue weighted by Gasteiger charge is 2.26. The van der Waals surface area contributed by atoms with Gasteiger partial charge in [-0.3, -0.25) is 14.6 Å². The Balaban J connectivity index is 1.83. The van der Waals surface area contributed by atoms with Gasteiger partial charge < -0.3 is 15.3 Å². The summed E-state index contributed by atoms with van der Waals surface area (Å²) in [7, 11) is 0. The molecule has 20 heavy (non-hydrogen) atoms. The van der Waals surface area contributed by atoms with Gasteiger partial charge in [0.1, 0.15) is 6.10 Å². The number of aliphatic hydroxyl groups excluding tert-OH is 1. The normalized spacial score (nSPS) is 19.6. The van der Waals surface area contributed by atoms with E-state index < -0.39 is 6.10 Å². The molecule has 1 aliphatic heterocycles. The molecule has 2 amide bonds. The molecule has 0 aliphatic carbocycles. The van der Waals surface area contributed by atoms with Crippen LogP contribution in [0.4, 0.5) is 0 Å². The fourth-order valence-corrected chi connectivity index (χ4v) is 2.17. The van der Waals surface area contributed by atoms with Crippen LogP contribution in [0.2, 0.25) is 0 Å². The number of amides is 2. The lowest BCUT2D eigenvalue weighted by molar-refractivity contribution is -0.142. The Kier molecular flexibility index (Phi) is 5.06. The first-order chi connectivity index (χ1) is 9.66. The lowest BCUT2D eigenvalue weighted by atomic mass is 10.2. The van der Waals surface area contributed by atoms with Gasteiger partial charge in [0, 0.05) is 25.5 Å². The van der Waals surface area contributed by atoms with E-state index in [-0.39, 0.29) is 18.4 Å². The summed E-state index contributed by atoms with van der Waals surface area (Å²) in [6.45, 7) is 0.936. The van der Waals surface area contributed by atoms with Crippen LogP contribution in [0.15, 0.2) is 24.5 Å². The zero-order chi connectivity index (χ0) is 14.4. The second kappa shape index (κ2) is 7.00. The van der Waals surface area contributed by atoms with Crippen LogP contribution >= 0.6 is 0 Å². The maximum absolute atomic E-state index is 11.8. The fraction of sp³-hybridized carbons (Fsp3) is 0.500. The highest BCUT2D eigenvalue weighted by Crippen LogP contribution is 2.11. The number of nitrogens with one attached hydrogen (secondary N) is 1. The Morgan fingerprint density at radius 1 is 1.40 bits per heavy atom. The maximum atomic E-state index is 11.8. The van der Waals surface area contributed by atoms with E-state index in [4.69, 9.17) is 0 Å². The molecule has 0 bridgehead atoms. The van der Waals surface area contributed by atoms with Crippen molar-refractivity contribution in [2.45, 2.75) is 31.9 Å². The molecule has 1 aromatic heterocycles. The van der Waals surface area contributed by atoms with Crippen LogP contribution in [0.3, 0.4) is 0 Å². The van der Waals surface area contributed by atoms with Crippen LogP contribution in [0.5, 0.6) is 0 Å². The lowest BCUT2D eigenvalue weighted by Gasteiger charge is -2.21. The van der Waals surface area contributed by atoms with Gasteiger partial charge in [0.05, 0.1) is 6.54 Å². The van der Waals surface area contributed by atoms with E-state index in [1.165, 1.54) is 4.90 Å². The molecule has 6 nitrogen and oxygen atoms in total. The molecule has 108 valence electrons. The molecule has 2 rings (SSSR count). The molecular weight excluding hydrogens is 258 g/mol. The van der Waals surface area contributed by atoms with Crippen molar-refractivity contribution in [3.63, 3.8) is 0 Å². The quantitative estimate of drug-likeness (QED) is 0.816. The number of likely N-dealkylation sites (tertiary alicyclic amines) is 1. The molecule has 2 N–H and O–H groups in total. The molecule has 1 fully saturated rings. The minimum atomic E-state index is -0.967. The van der Waals surface area contributed by atoms with Crippen molar-refractivity contribution in [2.24, 2.45) is 0 Å². The van der Waals surface area contributed by atoms with Gasteiger partial charge in [0.25, 0.3) is 5.91 Å². The number of nitrogens with zero attached hydrogens (tertiary/aromatic N) is 2. The largest absolute Gasteiger partial charge is 0.383 e. The Morgan fingerprint density at radius 2 is 2.15 bits per heavy atom. The van der Waals surface area contributed by atoms with Crippen molar-refractivity contribution in [1.29, 1.82) is 0 Å². The van der Waals surface area contributed by atoms with Crippen molar-refractivity contribution >= 4 is 11.8 Å². The Bertz CT molecular complexity index is 464. The van der Waals surface area contributed by atoms with Gasteiger partial charge in [-0.1, -0.05) is 0 Å². The summed E-state index contributed by atoms with van der Waals surface area (Å²) in [6, 6.07) is 3.64. The maximum Gasteiger partial charge on any atom is 0.251 e. The average Bonchev–Trinajstić information content (AvgIpc) is 2.62. The van der Waals surface area contributed by atoms with E-state index in [2.05, 4.69) is 10.3 Å². The molecule has 0 aromatic carbocycles. The zero-order valence-corrected chi connectivity index (χ0v) is 11.3. The van der Waals surface area contributed by atoms with E-state index in [1.807, 2.05) is 12.1 Å². The van der Waals surface area contributed by atoms with Gasteiger partial charge in [-0.25, -0.2) is 0 Å². The first kappa shape index (κ1) is 14.5. The third-order valence-corrected chi connectivity index (χ3v) is 3.33. The van der Waals surface area contributed by atoms with Gasteiger partial charge in [-0.15, -0.1) is 0 Å². The van der Waals surface area contributed by atoms with E-state index in [9.17, 15) is 14.7 Å². The summed E-state index contributed by atoms with van der Waals surface area (Å²) in [5, 5.41) is 12.4. The molecule has 1 atom stereocenters. The summed E-state index contributed by atoms with van der Waals surface area (Å²) in [5.74, 6) is -0.564. The van der Waals surface area contributed by atoms with E-state index >= 15 is 0 Å². The minimum Gasteiger partial charge on any atom is -0.383 e. The monoisotopic (exact) mass is 277 g/mol. The van der Waals surface area contributed by atoms with E-state index in [1.54, 1.807) is 12.4 Å². The summed E-state index contributed by atoms with van der Waals surface area (Å²) >= 11 is 0. The standard InChI is InChI=1S/C14H19N3O3/c18-12-3-1-2-8-17(14(12)20)10-13(19)16-9-11-4-6-15-7-5-11/h4-7,12,18H,1-3,8-10H2,(H,16,19). The first-order valence-corrected chi connectivity index (χ1v) is 6.79. The van der Waals surface area contributed by atoms with Crippen LogP contribution in [0.1, 0.15) is 24.8 Å². The number of rotatable bonds is 4. The second-order valence-corrected chi connectivity index (χ2v) is 4.90. The Labute approximate surface area is 117 Å². The average molecular weight is 277 g/mol. The van der Waals surface area contributed by atoms with Gasteiger partial charge in [0.2, 0.25) is 5.91 Å². The third kappa shape index (κ3) is 4.03. The molecule has 1 unspecified atom stereocenters. The van der Waals surface area contributed by atoms with Crippen molar-refractivity contribution in [3.05, 3.63) is 30.1 Å². The number of aliphatic hydroxyl groups is 1. The van der Waals surface area contributed by atoms with E-state index in [0.29, 0.717) is 19.5 Å². The topological polar surface area (TPSA) is 82.5 Å². The van der Waals surface area contributed by atoms with Gasteiger partial charge >= 0.3 is 0 Å². The summed E-state index contributed by atoms with van der Waals surface area (Å²) in [4.78, 5) is 29.0. The number of hydrogen-bond donors (Lipinski definition) is 2. The predicted octanol–water partition coefficient (Wildman–Crippen LogP) is 0.0712. The Hall–Kier alpha value is -1.95. The number of carbonyl (C=O) groups excluding carboxylic acids is 2. The minimum absolute atomic E-state index is 0.000969. The van der Waals surface area contributed by atoms with Gasteiger partial charge in [0.15, 0.2) is 0 Å². The number of aromatic nitrogens is 1. The van der Waals surface area contributed by atoms with E-state index in [0.717, 1.165) is 18.4 Å². The Morgan fingerprint density at radius 3 is 2.90 bits per heavy atom. The molecule has 0 saturated carbocycles.